The first-order valence-electron chi connectivity index (χ1n) is 10.7. The van der Waals surface area contributed by atoms with Crippen LogP contribution in [0, 0.1) is 5.92 Å². The van der Waals surface area contributed by atoms with E-state index in [1.807, 2.05) is 30.6 Å². The molecule has 1 unspecified atom stereocenters. The van der Waals surface area contributed by atoms with Crippen molar-refractivity contribution in [3.63, 3.8) is 0 Å². The summed E-state index contributed by atoms with van der Waals surface area (Å²) in [5.74, 6) is 0.875. The lowest BCUT2D eigenvalue weighted by atomic mass is 9.82. The van der Waals surface area contributed by atoms with E-state index in [9.17, 15) is 13.4 Å². The maximum absolute atomic E-state index is 12.9. The lowest BCUT2D eigenvalue weighted by molar-refractivity contribution is 0.264. The van der Waals surface area contributed by atoms with Crippen LogP contribution < -0.4 is 0 Å². The summed E-state index contributed by atoms with van der Waals surface area (Å²) in [5, 5.41) is 10.1. The molecule has 1 atom stereocenters. The molecule has 32 heavy (non-hydrogen) atoms. The highest BCUT2D eigenvalue weighted by atomic mass is 35.5. The van der Waals surface area contributed by atoms with Crippen molar-refractivity contribution in [1.29, 1.82) is 0 Å². The number of nitrogens with zero attached hydrogens (tertiary/aromatic N) is 3. The van der Waals surface area contributed by atoms with Crippen molar-refractivity contribution in [3.8, 4) is 11.4 Å². The number of hydrogen-bond donors (Lipinski definition) is 1. The van der Waals surface area contributed by atoms with Crippen LogP contribution in [0.2, 0.25) is 11.3 Å². The van der Waals surface area contributed by atoms with Gasteiger partial charge in [0.25, 0.3) is 0 Å². The van der Waals surface area contributed by atoms with E-state index < -0.39 is 17.0 Å². The Balaban J connectivity index is 1.49. The Morgan fingerprint density at radius 1 is 1.28 bits per heavy atom. The molecule has 1 fully saturated rings. The van der Waals surface area contributed by atoms with E-state index in [0.717, 1.165) is 17.7 Å². The standard InChI is InChI=1S/C22H23BClN3O4S/c24-18-4-1-3-17(10-18)22-25-19-5-2-8-32(29,30)21(19)20(26-22)9-15-6-7-27(12-15)13-16-11-23(28)31-14-16/h1,3-4,6-7,10,12,16,28H,2,5,8-9,11,13-14H2. The molecular weight excluding hydrogens is 449 g/mol. The van der Waals surface area contributed by atoms with Gasteiger partial charge in [-0.1, -0.05) is 23.7 Å². The Labute approximate surface area is 192 Å². The molecule has 3 aromatic rings. The average Bonchev–Trinajstić information content (AvgIpc) is 3.36. The Bertz CT molecular complexity index is 1260. The summed E-state index contributed by atoms with van der Waals surface area (Å²) in [6.07, 6.45) is 6.17. The van der Waals surface area contributed by atoms with Gasteiger partial charge in [-0.15, -0.1) is 0 Å². The first-order chi connectivity index (χ1) is 15.4. The lowest BCUT2D eigenvalue weighted by Gasteiger charge is -2.19. The molecule has 4 heterocycles. The topological polar surface area (TPSA) is 94.3 Å². The van der Waals surface area contributed by atoms with E-state index in [2.05, 4.69) is 9.55 Å². The summed E-state index contributed by atoms with van der Waals surface area (Å²) < 4.78 is 33.1. The van der Waals surface area contributed by atoms with Crippen LogP contribution in [0.25, 0.3) is 11.4 Å². The Hall–Kier alpha value is -2.20. The van der Waals surface area contributed by atoms with Crippen molar-refractivity contribution in [3.05, 3.63) is 64.7 Å². The number of fused-ring (bicyclic) bond motifs is 1. The van der Waals surface area contributed by atoms with Gasteiger partial charge in [-0.05, 0) is 48.8 Å². The average molecular weight is 472 g/mol. The van der Waals surface area contributed by atoms with Crippen LogP contribution in [-0.4, -0.2) is 47.5 Å². The quantitative estimate of drug-likeness (QED) is 0.575. The van der Waals surface area contributed by atoms with Gasteiger partial charge in [0, 0.05) is 42.6 Å². The number of halogens is 1. The first kappa shape index (κ1) is 21.6. The largest absolute Gasteiger partial charge is 0.454 e. The van der Waals surface area contributed by atoms with Crippen LogP contribution >= 0.6 is 11.6 Å². The van der Waals surface area contributed by atoms with Crippen molar-refractivity contribution < 1.29 is 18.1 Å². The zero-order chi connectivity index (χ0) is 22.3. The van der Waals surface area contributed by atoms with Gasteiger partial charge in [0.1, 0.15) is 4.90 Å². The van der Waals surface area contributed by atoms with Gasteiger partial charge in [0.15, 0.2) is 15.7 Å². The molecule has 10 heteroatoms. The Morgan fingerprint density at radius 2 is 2.16 bits per heavy atom. The van der Waals surface area contributed by atoms with Gasteiger partial charge >= 0.3 is 7.12 Å². The number of benzene rings is 1. The molecule has 2 aliphatic rings. The molecule has 7 nitrogen and oxygen atoms in total. The van der Waals surface area contributed by atoms with Gasteiger partial charge in [-0.25, -0.2) is 18.4 Å². The van der Waals surface area contributed by atoms with Crippen LogP contribution in [-0.2, 0) is 33.9 Å². The zero-order valence-corrected chi connectivity index (χ0v) is 19.0. The van der Waals surface area contributed by atoms with Crippen LogP contribution in [0.1, 0.15) is 23.4 Å². The minimum absolute atomic E-state index is 0.123. The summed E-state index contributed by atoms with van der Waals surface area (Å²) in [6, 6.07) is 9.27. The van der Waals surface area contributed by atoms with Crippen LogP contribution in [0.3, 0.4) is 0 Å². The second-order valence-electron chi connectivity index (χ2n) is 8.49. The first-order valence-corrected chi connectivity index (χ1v) is 12.7. The number of sulfone groups is 1. The number of hydrogen-bond acceptors (Lipinski definition) is 6. The summed E-state index contributed by atoms with van der Waals surface area (Å²) in [5.41, 5.74) is 2.86. The Morgan fingerprint density at radius 3 is 2.94 bits per heavy atom. The van der Waals surface area contributed by atoms with Gasteiger partial charge in [-0.3, -0.25) is 0 Å². The minimum Gasteiger partial charge on any atom is -0.427 e. The smallest absolute Gasteiger partial charge is 0.427 e. The van der Waals surface area contributed by atoms with Gasteiger partial charge in [-0.2, -0.15) is 0 Å². The molecule has 0 bridgehead atoms. The highest BCUT2D eigenvalue weighted by Gasteiger charge is 2.31. The SMILES string of the molecule is O=S1(=O)CCCc2nc(-c3cccc(Cl)c3)nc(Cc3ccn(CC4COB(O)C4)c3)c21. The third-order valence-electron chi connectivity index (χ3n) is 5.94. The molecule has 166 valence electrons. The third-order valence-corrected chi connectivity index (χ3v) is 8.09. The zero-order valence-electron chi connectivity index (χ0n) is 17.4. The van der Waals surface area contributed by atoms with Gasteiger partial charge in [0.2, 0.25) is 0 Å². The van der Waals surface area contributed by atoms with E-state index in [1.165, 1.54) is 0 Å². The molecule has 1 N–H and O–H groups in total. The van der Waals surface area contributed by atoms with E-state index in [4.69, 9.17) is 21.2 Å². The number of aromatic nitrogens is 3. The van der Waals surface area contributed by atoms with Crippen molar-refractivity contribution in [2.45, 2.75) is 37.0 Å². The second-order valence-corrected chi connectivity index (χ2v) is 11.0. The maximum atomic E-state index is 12.9. The van der Waals surface area contributed by atoms with Crippen molar-refractivity contribution >= 4 is 28.6 Å². The fourth-order valence-electron chi connectivity index (χ4n) is 4.48. The summed E-state index contributed by atoms with van der Waals surface area (Å²) in [7, 11) is -4.10. The van der Waals surface area contributed by atoms with Crippen molar-refractivity contribution in [2.75, 3.05) is 12.4 Å². The molecule has 0 spiro atoms. The predicted molar refractivity (Wildman–Crippen MR) is 122 cm³/mol. The van der Waals surface area contributed by atoms with Crippen LogP contribution in [0.15, 0.2) is 47.6 Å². The van der Waals surface area contributed by atoms with Crippen LogP contribution in [0.4, 0.5) is 0 Å². The molecule has 2 aromatic heterocycles. The highest BCUT2D eigenvalue weighted by Crippen LogP contribution is 2.31. The monoisotopic (exact) mass is 471 g/mol. The van der Waals surface area contributed by atoms with Crippen LogP contribution in [0.5, 0.6) is 0 Å². The van der Waals surface area contributed by atoms with E-state index in [-0.39, 0.29) is 16.6 Å². The van der Waals surface area contributed by atoms with E-state index in [1.54, 1.807) is 12.1 Å². The molecule has 0 radical (unpaired) electrons. The normalized spacial score (nSPS) is 19.8. The summed E-state index contributed by atoms with van der Waals surface area (Å²) in [6.45, 7) is 1.28. The fourth-order valence-corrected chi connectivity index (χ4v) is 6.38. The molecule has 0 saturated carbocycles. The summed E-state index contributed by atoms with van der Waals surface area (Å²) >= 11 is 6.16. The summed E-state index contributed by atoms with van der Waals surface area (Å²) in [4.78, 5) is 9.60. The van der Waals surface area contributed by atoms with E-state index >= 15 is 0 Å². The molecular formula is C22H23BClN3O4S. The number of rotatable bonds is 5. The maximum Gasteiger partial charge on any atom is 0.454 e. The number of aryl methyl sites for hydroxylation is 1. The van der Waals surface area contributed by atoms with Gasteiger partial charge < -0.3 is 14.2 Å². The molecule has 1 saturated heterocycles. The third kappa shape index (κ3) is 4.48. The van der Waals surface area contributed by atoms with E-state index in [0.29, 0.717) is 54.4 Å². The van der Waals surface area contributed by atoms with Crippen molar-refractivity contribution in [1.82, 2.24) is 14.5 Å². The molecule has 2 aliphatic heterocycles. The molecule has 5 rings (SSSR count). The lowest BCUT2D eigenvalue weighted by Crippen LogP contribution is -2.21. The fraction of sp³-hybridized carbons (Fsp3) is 0.364. The molecule has 1 aromatic carbocycles. The van der Waals surface area contributed by atoms with Gasteiger partial charge in [0.05, 0.1) is 17.1 Å². The molecule has 0 amide bonds. The minimum atomic E-state index is -3.42. The second kappa shape index (κ2) is 8.63. The highest BCUT2D eigenvalue weighted by molar-refractivity contribution is 7.91. The Kier molecular flexibility index (Phi) is 5.83. The molecule has 0 aliphatic carbocycles. The predicted octanol–water partition coefficient (Wildman–Crippen LogP) is 3.04. The van der Waals surface area contributed by atoms with Crippen molar-refractivity contribution in [2.24, 2.45) is 5.92 Å².